The number of H-pyrrole nitrogens is 1. The number of aromatic nitrogens is 3. The normalized spacial score (nSPS) is 16.0. The summed E-state index contributed by atoms with van der Waals surface area (Å²) < 4.78 is 0.963. The lowest BCUT2D eigenvalue weighted by Crippen LogP contribution is -2.29. The summed E-state index contributed by atoms with van der Waals surface area (Å²) in [6.45, 7) is 0.533. The van der Waals surface area contributed by atoms with E-state index in [-0.39, 0.29) is 11.9 Å². The molecule has 0 saturated carbocycles. The van der Waals surface area contributed by atoms with Crippen LogP contribution in [0.5, 0.6) is 0 Å². The Hall–Kier alpha value is -2.99. The highest BCUT2D eigenvalue weighted by atomic mass is 79.9. The SMILES string of the molecule is O=C1c2ccccc2C(Cc2ncccc2Br)N1Cc1ccc2[nH]cnc2c1. The molecule has 5 nitrogen and oxygen atoms in total. The van der Waals surface area contributed by atoms with Gasteiger partial charge in [-0.15, -0.1) is 0 Å². The van der Waals surface area contributed by atoms with Crippen molar-refractivity contribution in [2.75, 3.05) is 0 Å². The summed E-state index contributed by atoms with van der Waals surface area (Å²) in [7, 11) is 0. The van der Waals surface area contributed by atoms with Gasteiger partial charge < -0.3 is 9.88 Å². The van der Waals surface area contributed by atoms with Crippen LogP contribution in [0.3, 0.4) is 0 Å². The number of halogens is 1. The number of fused-ring (bicyclic) bond motifs is 2. The van der Waals surface area contributed by atoms with Crippen LogP contribution < -0.4 is 0 Å². The van der Waals surface area contributed by atoms with Crippen LogP contribution in [0.1, 0.15) is 33.2 Å². The Morgan fingerprint density at radius 2 is 1.96 bits per heavy atom. The Kier molecular flexibility index (Phi) is 4.20. The van der Waals surface area contributed by atoms with Crippen LogP contribution in [0.2, 0.25) is 0 Å². The number of hydrogen-bond acceptors (Lipinski definition) is 3. The summed E-state index contributed by atoms with van der Waals surface area (Å²) in [4.78, 5) is 27.1. The fourth-order valence-electron chi connectivity index (χ4n) is 3.87. The van der Waals surface area contributed by atoms with E-state index in [0.29, 0.717) is 13.0 Å². The maximum absolute atomic E-state index is 13.2. The van der Waals surface area contributed by atoms with Gasteiger partial charge in [0.15, 0.2) is 0 Å². The van der Waals surface area contributed by atoms with Crippen LogP contribution in [0, 0.1) is 0 Å². The average molecular weight is 433 g/mol. The van der Waals surface area contributed by atoms with Crippen molar-refractivity contribution in [3.8, 4) is 0 Å². The minimum Gasteiger partial charge on any atom is -0.345 e. The van der Waals surface area contributed by atoms with Crippen molar-refractivity contribution in [1.29, 1.82) is 0 Å². The quantitative estimate of drug-likeness (QED) is 0.509. The molecule has 0 bridgehead atoms. The van der Waals surface area contributed by atoms with E-state index in [2.05, 4.69) is 30.9 Å². The molecule has 138 valence electrons. The van der Waals surface area contributed by atoms with Crippen molar-refractivity contribution in [3.63, 3.8) is 0 Å². The van der Waals surface area contributed by atoms with E-state index in [1.807, 2.05) is 59.5 Å². The van der Waals surface area contributed by atoms with Gasteiger partial charge >= 0.3 is 0 Å². The maximum atomic E-state index is 13.2. The van der Waals surface area contributed by atoms with Gasteiger partial charge in [-0.25, -0.2) is 4.98 Å². The van der Waals surface area contributed by atoms with Crippen LogP contribution in [0.15, 0.2) is 71.6 Å². The van der Waals surface area contributed by atoms with E-state index in [0.717, 1.165) is 37.9 Å². The topological polar surface area (TPSA) is 61.9 Å². The Labute approximate surface area is 170 Å². The summed E-state index contributed by atoms with van der Waals surface area (Å²) in [5.41, 5.74) is 5.75. The van der Waals surface area contributed by atoms with Crippen molar-refractivity contribution >= 4 is 32.9 Å². The first-order chi connectivity index (χ1) is 13.7. The predicted molar refractivity (Wildman–Crippen MR) is 111 cm³/mol. The fraction of sp³-hybridized carbons (Fsp3) is 0.136. The van der Waals surface area contributed by atoms with E-state index in [4.69, 9.17) is 0 Å². The third-order valence-electron chi connectivity index (χ3n) is 5.25. The first-order valence-electron chi connectivity index (χ1n) is 9.12. The number of rotatable bonds is 4. The van der Waals surface area contributed by atoms with E-state index < -0.39 is 0 Å². The lowest BCUT2D eigenvalue weighted by molar-refractivity contribution is 0.0708. The number of nitrogens with one attached hydrogen (secondary N) is 1. The van der Waals surface area contributed by atoms with Crippen LogP contribution in [-0.2, 0) is 13.0 Å². The minimum absolute atomic E-state index is 0.0511. The number of carbonyl (C=O) groups is 1. The van der Waals surface area contributed by atoms with E-state index in [1.54, 1.807) is 12.5 Å². The number of amides is 1. The Morgan fingerprint density at radius 1 is 1.07 bits per heavy atom. The van der Waals surface area contributed by atoms with Crippen molar-refractivity contribution in [1.82, 2.24) is 19.9 Å². The highest BCUT2D eigenvalue weighted by molar-refractivity contribution is 9.10. The summed E-state index contributed by atoms with van der Waals surface area (Å²) in [6.07, 6.45) is 4.14. The van der Waals surface area contributed by atoms with Gasteiger partial charge in [0.2, 0.25) is 0 Å². The summed E-state index contributed by atoms with van der Waals surface area (Å²) in [5, 5.41) is 0. The zero-order valence-corrected chi connectivity index (χ0v) is 16.6. The highest BCUT2D eigenvalue weighted by Gasteiger charge is 2.36. The molecule has 1 atom stereocenters. The molecule has 1 aliphatic rings. The number of aromatic amines is 1. The summed E-state index contributed by atoms with van der Waals surface area (Å²) in [5.74, 6) is 0.0646. The molecule has 0 spiro atoms. The first-order valence-corrected chi connectivity index (χ1v) is 9.91. The second-order valence-corrected chi connectivity index (χ2v) is 7.78. The first kappa shape index (κ1) is 17.1. The molecule has 1 N–H and O–H groups in total. The van der Waals surface area contributed by atoms with Gasteiger partial charge in [0.05, 0.1) is 29.1 Å². The summed E-state index contributed by atoms with van der Waals surface area (Å²) in [6, 6.07) is 17.8. The lowest BCUT2D eigenvalue weighted by Gasteiger charge is -2.26. The number of imidazole rings is 1. The largest absolute Gasteiger partial charge is 0.345 e. The number of hydrogen-bond donors (Lipinski definition) is 1. The molecule has 4 aromatic rings. The standard InChI is InChI=1S/C22H17BrN4O/c23-17-6-3-9-24-19(17)11-21-15-4-1-2-5-16(15)22(28)27(21)12-14-7-8-18-20(10-14)26-13-25-18/h1-10,13,21H,11-12H2,(H,25,26). The van der Waals surface area contributed by atoms with Gasteiger partial charge in [-0.1, -0.05) is 24.3 Å². The molecular weight excluding hydrogens is 416 g/mol. The number of benzene rings is 2. The van der Waals surface area contributed by atoms with Gasteiger partial charge in [-0.2, -0.15) is 0 Å². The predicted octanol–water partition coefficient (Wildman–Crippen LogP) is 4.66. The molecule has 6 heteroatoms. The monoisotopic (exact) mass is 432 g/mol. The zero-order valence-electron chi connectivity index (χ0n) is 15.0. The van der Waals surface area contributed by atoms with Crippen LogP contribution in [0.4, 0.5) is 0 Å². The minimum atomic E-state index is -0.0511. The van der Waals surface area contributed by atoms with Crippen LogP contribution in [-0.4, -0.2) is 25.8 Å². The molecule has 1 amide bonds. The van der Waals surface area contributed by atoms with Crippen LogP contribution >= 0.6 is 15.9 Å². The van der Waals surface area contributed by atoms with Crippen molar-refractivity contribution in [3.05, 3.63) is 94.0 Å². The molecule has 1 unspecified atom stereocenters. The highest BCUT2D eigenvalue weighted by Crippen LogP contribution is 2.37. The molecule has 5 rings (SSSR count). The third-order valence-corrected chi connectivity index (χ3v) is 5.97. The molecule has 28 heavy (non-hydrogen) atoms. The van der Waals surface area contributed by atoms with Crippen molar-refractivity contribution in [2.24, 2.45) is 0 Å². The zero-order chi connectivity index (χ0) is 19.1. The fourth-order valence-corrected chi connectivity index (χ4v) is 4.29. The van der Waals surface area contributed by atoms with Gasteiger partial charge in [0.25, 0.3) is 5.91 Å². The second-order valence-electron chi connectivity index (χ2n) is 6.93. The molecule has 0 radical (unpaired) electrons. The summed E-state index contributed by atoms with van der Waals surface area (Å²) >= 11 is 3.59. The van der Waals surface area contributed by atoms with Gasteiger partial charge in [0, 0.05) is 29.2 Å². The van der Waals surface area contributed by atoms with Crippen molar-refractivity contribution in [2.45, 2.75) is 19.0 Å². The van der Waals surface area contributed by atoms with E-state index in [9.17, 15) is 4.79 Å². The van der Waals surface area contributed by atoms with Crippen LogP contribution in [0.25, 0.3) is 11.0 Å². The molecule has 2 aromatic heterocycles. The lowest BCUT2D eigenvalue weighted by atomic mass is 10.0. The second kappa shape index (κ2) is 6.87. The van der Waals surface area contributed by atoms with E-state index >= 15 is 0 Å². The molecule has 0 aliphatic carbocycles. The maximum Gasteiger partial charge on any atom is 0.255 e. The molecule has 0 saturated heterocycles. The third kappa shape index (κ3) is 2.90. The molecule has 1 aliphatic heterocycles. The molecule has 3 heterocycles. The Bertz CT molecular complexity index is 1190. The van der Waals surface area contributed by atoms with E-state index in [1.165, 1.54) is 0 Å². The number of carbonyl (C=O) groups excluding carboxylic acids is 1. The number of nitrogens with zero attached hydrogens (tertiary/aromatic N) is 3. The molecular formula is C22H17BrN4O. The average Bonchev–Trinajstić information content (AvgIpc) is 3.28. The Morgan fingerprint density at radius 3 is 2.86 bits per heavy atom. The smallest absolute Gasteiger partial charge is 0.255 e. The molecule has 0 fully saturated rings. The van der Waals surface area contributed by atoms with Crippen molar-refractivity contribution < 1.29 is 4.79 Å². The van der Waals surface area contributed by atoms with Gasteiger partial charge in [-0.05, 0) is 57.4 Å². The van der Waals surface area contributed by atoms with Gasteiger partial charge in [-0.3, -0.25) is 9.78 Å². The Balaban J connectivity index is 1.52. The molecule has 2 aromatic carbocycles. The van der Waals surface area contributed by atoms with Gasteiger partial charge in [0.1, 0.15) is 0 Å². The number of pyridine rings is 1.